The van der Waals surface area contributed by atoms with Crippen molar-refractivity contribution >= 4 is 17.7 Å². The van der Waals surface area contributed by atoms with Crippen LogP contribution in [0.4, 0.5) is 0 Å². The summed E-state index contributed by atoms with van der Waals surface area (Å²) in [6, 6.07) is 3.55. The molecule has 0 aliphatic rings. The standard InChI is InChI=1S/C13H17N3OS/c1-16(9-10-18-2)13(17)12-11(5-3-7-14)6-4-8-15-12/h4,6,8H,7,9-10,14H2,1-2H3. The van der Waals surface area contributed by atoms with Gasteiger partial charge in [0.15, 0.2) is 0 Å². The fourth-order valence-corrected chi connectivity index (χ4v) is 1.79. The Morgan fingerprint density at radius 1 is 1.61 bits per heavy atom. The lowest BCUT2D eigenvalue weighted by molar-refractivity contribution is 0.0798. The molecule has 1 amide bonds. The Balaban J connectivity index is 2.91. The fourth-order valence-electron chi connectivity index (χ4n) is 1.33. The molecular weight excluding hydrogens is 246 g/mol. The SMILES string of the molecule is CSCCN(C)C(=O)c1ncccc1C#CCN. The van der Waals surface area contributed by atoms with E-state index in [1.165, 1.54) is 0 Å². The largest absolute Gasteiger partial charge is 0.340 e. The van der Waals surface area contributed by atoms with Crippen molar-refractivity contribution in [3.63, 3.8) is 0 Å². The van der Waals surface area contributed by atoms with E-state index in [0.717, 1.165) is 5.75 Å². The normalized spacial score (nSPS) is 9.50. The topological polar surface area (TPSA) is 59.2 Å². The van der Waals surface area contributed by atoms with E-state index in [0.29, 0.717) is 17.8 Å². The predicted octanol–water partition coefficient (Wildman–Crippen LogP) is 0.827. The third-order valence-electron chi connectivity index (χ3n) is 2.31. The number of thioether (sulfide) groups is 1. The molecule has 1 heterocycles. The average molecular weight is 263 g/mol. The number of hydrogen-bond acceptors (Lipinski definition) is 4. The lowest BCUT2D eigenvalue weighted by Gasteiger charge is -2.16. The molecule has 0 bridgehead atoms. The molecule has 0 unspecified atom stereocenters. The molecule has 0 aliphatic heterocycles. The highest BCUT2D eigenvalue weighted by Crippen LogP contribution is 2.07. The van der Waals surface area contributed by atoms with E-state index < -0.39 is 0 Å². The number of nitrogens with zero attached hydrogens (tertiary/aromatic N) is 2. The molecule has 0 fully saturated rings. The third kappa shape index (κ3) is 4.06. The highest BCUT2D eigenvalue weighted by Gasteiger charge is 2.15. The smallest absolute Gasteiger partial charge is 0.273 e. The summed E-state index contributed by atoms with van der Waals surface area (Å²) in [4.78, 5) is 18.0. The van der Waals surface area contributed by atoms with Crippen LogP contribution in [-0.4, -0.2) is 47.9 Å². The van der Waals surface area contributed by atoms with Crippen molar-refractivity contribution in [3.05, 3.63) is 29.6 Å². The van der Waals surface area contributed by atoms with Crippen LogP contribution in [0.2, 0.25) is 0 Å². The molecule has 2 N–H and O–H groups in total. The van der Waals surface area contributed by atoms with Crippen molar-refractivity contribution < 1.29 is 4.79 Å². The Kier molecular flexibility index (Phi) is 6.26. The molecular formula is C13H17N3OS. The first kappa shape index (κ1) is 14.6. The molecule has 96 valence electrons. The number of pyridine rings is 1. The first-order valence-electron chi connectivity index (χ1n) is 5.59. The Morgan fingerprint density at radius 3 is 3.06 bits per heavy atom. The molecule has 4 nitrogen and oxygen atoms in total. The van der Waals surface area contributed by atoms with E-state index in [1.807, 2.05) is 6.26 Å². The van der Waals surface area contributed by atoms with Crippen LogP contribution in [0.15, 0.2) is 18.3 Å². The fraction of sp³-hybridized carbons (Fsp3) is 0.385. The highest BCUT2D eigenvalue weighted by atomic mass is 32.2. The van der Waals surface area contributed by atoms with Gasteiger partial charge in [-0.25, -0.2) is 4.98 Å². The second-order valence-electron chi connectivity index (χ2n) is 3.62. The third-order valence-corrected chi connectivity index (χ3v) is 2.90. The number of carbonyl (C=O) groups is 1. The van der Waals surface area contributed by atoms with Crippen molar-refractivity contribution in [2.45, 2.75) is 0 Å². The Hall–Kier alpha value is -1.51. The van der Waals surface area contributed by atoms with Crippen LogP contribution in [-0.2, 0) is 0 Å². The van der Waals surface area contributed by atoms with Crippen LogP contribution in [0.25, 0.3) is 0 Å². The maximum atomic E-state index is 12.2. The number of rotatable bonds is 4. The zero-order valence-corrected chi connectivity index (χ0v) is 11.5. The number of hydrogen-bond donors (Lipinski definition) is 1. The van der Waals surface area contributed by atoms with Crippen LogP contribution < -0.4 is 5.73 Å². The van der Waals surface area contributed by atoms with E-state index in [-0.39, 0.29) is 12.5 Å². The monoisotopic (exact) mass is 263 g/mol. The Labute approximate surface area is 112 Å². The van der Waals surface area contributed by atoms with Crippen molar-refractivity contribution in [1.82, 2.24) is 9.88 Å². The summed E-state index contributed by atoms with van der Waals surface area (Å²) >= 11 is 1.70. The molecule has 1 aromatic rings. The van der Waals surface area contributed by atoms with E-state index in [1.54, 1.807) is 42.0 Å². The molecule has 1 rings (SSSR count). The summed E-state index contributed by atoms with van der Waals surface area (Å²) in [6.07, 6.45) is 3.61. The van der Waals surface area contributed by atoms with Crippen LogP contribution in [0.5, 0.6) is 0 Å². The summed E-state index contributed by atoms with van der Waals surface area (Å²) in [6.45, 7) is 0.963. The van der Waals surface area contributed by atoms with E-state index in [9.17, 15) is 4.79 Å². The summed E-state index contributed by atoms with van der Waals surface area (Å²) in [7, 11) is 1.77. The summed E-state index contributed by atoms with van der Waals surface area (Å²) in [5, 5.41) is 0. The van der Waals surface area contributed by atoms with Gasteiger partial charge in [-0.1, -0.05) is 11.8 Å². The molecule has 1 aromatic heterocycles. The van der Waals surface area contributed by atoms with Gasteiger partial charge in [-0.15, -0.1) is 0 Å². The van der Waals surface area contributed by atoms with Gasteiger partial charge in [0.1, 0.15) is 5.69 Å². The number of nitrogens with two attached hydrogens (primary N) is 1. The Bertz CT molecular complexity index is 465. The van der Waals surface area contributed by atoms with Gasteiger partial charge in [0.2, 0.25) is 0 Å². The van der Waals surface area contributed by atoms with Crippen molar-refractivity contribution in [2.24, 2.45) is 5.73 Å². The summed E-state index contributed by atoms with van der Waals surface area (Å²) in [5.41, 5.74) is 6.36. The minimum atomic E-state index is -0.106. The quantitative estimate of drug-likeness (QED) is 0.817. The van der Waals surface area contributed by atoms with Crippen molar-refractivity contribution in [3.8, 4) is 11.8 Å². The minimum absolute atomic E-state index is 0.106. The number of aromatic nitrogens is 1. The highest BCUT2D eigenvalue weighted by molar-refractivity contribution is 7.98. The van der Waals surface area contributed by atoms with Gasteiger partial charge in [-0.05, 0) is 18.4 Å². The molecule has 0 saturated carbocycles. The van der Waals surface area contributed by atoms with Gasteiger partial charge in [0.25, 0.3) is 5.91 Å². The molecule has 5 heteroatoms. The maximum absolute atomic E-state index is 12.2. The lowest BCUT2D eigenvalue weighted by Crippen LogP contribution is -2.30. The van der Waals surface area contributed by atoms with Crippen LogP contribution in [0, 0.1) is 11.8 Å². The van der Waals surface area contributed by atoms with Crippen molar-refractivity contribution in [2.75, 3.05) is 32.1 Å². The van der Waals surface area contributed by atoms with Crippen molar-refractivity contribution in [1.29, 1.82) is 0 Å². The van der Waals surface area contributed by atoms with E-state index in [2.05, 4.69) is 16.8 Å². The van der Waals surface area contributed by atoms with Gasteiger partial charge in [0, 0.05) is 25.5 Å². The van der Waals surface area contributed by atoms with Crippen LogP contribution >= 0.6 is 11.8 Å². The van der Waals surface area contributed by atoms with E-state index >= 15 is 0 Å². The van der Waals surface area contributed by atoms with Crippen LogP contribution in [0.1, 0.15) is 16.1 Å². The minimum Gasteiger partial charge on any atom is -0.340 e. The molecule has 0 aromatic carbocycles. The summed E-state index contributed by atoms with van der Waals surface area (Å²) < 4.78 is 0. The molecule has 0 radical (unpaired) electrons. The second kappa shape index (κ2) is 7.75. The zero-order chi connectivity index (χ0) is 13.4. The van der Waals surface area contributed by atoms with Gasteiger partial charge in [0.05, 0.1) is 12.1 Å². The molecule has 0 aliphatic carbocycles. The average Bonchev–Trinajstić information content (AvgIpc) is 2.42. The lowest BCUT2D eigenvalue weighted by atomic mass is 10.2. The molecule has 0 spiro atoms. The predicted molar refractivity (Wildman–Crippen MR) is 75.5 cm³/mol. The van der Waals surface area contributed by atoms with Gasteiger partial charge < -0.3 is 10.6 Å². The zero-order valence-electron chi connectivity index (χ0n) is 10.6. The summed E-state index contributed by atoms with van der Waals surface area (Å²) in [5.74, 6) is 6.42. The van der Waals surface area contributed by atoms with Gasteiger partial charge in [-0.2, -0.15) is 11.8 Å². The van der Waals surface area contributed by atoms with Gasteiger partial charge >= 0.3 is 0 Å². The molecule has 0 atom stereocenters. The Morgan fingerprint density at radius 2 is 2.39 bits per heavy atom. The first-order valence-corrected chi connectivity index (χ1v) is 6.98. The second-order valence-corrected chi connectivity index (χ2v) is 4.61. The number of carbonyl (C=O) groups excluding carboxylic acids is 1. The molecule has 0 saturated heterocycles. The molecule has 18 heavy (non-hydrogen) atoms. The first-order chi connectivity index (χ1) is 8.70. The maximum Gasteiger partial charge on any atom is 0.273 e. The van der Waals surface area contributed by atoms with E-state index in [4.69, 9.17) is 5.73 Å². The number of amides is 1. The van der Waals surface area contributed by atoms with Crippen LogP contribution in [0.3, 0.4) is 0 Å². The van der Waals surface area contributed by atoms with Gasteiger partial charge in [-0.3, -0.25) is 4.79 Å².